The van der Waals surface area contributed by atoms with Crippen molar-refractivity contribution in [3.8, 4) is 0 Å². The topological polar surface area (TPSA) is 103 Å². The fraction of sp³-hybridized carbons (Fsp3) is 0.172. The number of hydrogen-bond donors (Lipinski definition) is 4. The standard InChI is InChI=1S/C25H19NO2.C4H11NO2/c27-24(28)23-17-16-22(18-26-23)25(19-10-4-1-5-11-19,20-12-6-2-7-13-20)21-14-8-3-9-15-21;6-3-1-5-2-4-7/h1-18H,(H,27,28);5-7H,1-4H2. The maximum atomic E-state index is 11.3. The van der Waals surface area contributed by atoms with Crippen molar-refractivity contribution in [3.05, 3.63) is 137 Å². The smallest absolute Gasteiger partial charge is 0.354 e. The number of aromatic carboxylic acids is 1. The Kier molecular flexibility index (Phi) is 9.69. The second kappa shape index (κ2) is 13.2. The third kappa shape index (κ3) is 6.19. The van der Waals surface area contributed by atoms with Crippen molar-refractivity contribution in [3.63, 3.8) is 0 Å². The summed E-state index contributed by atoms with van der Waals surface area (Å²) in [5, 5.41) is 28.3. The highest BCUT2D eigenvalue weighted by Crippen LogP contribution is 2.44. The fourth-order valence-electron chi connectivity index (χ4n) is 4.09. The Morgan fingerprint density at radius 1 is 0.657 bits per heavy atom. The fourth-order valence-corrected chi connectivity index (χ4v) is 4.09. The summed E-state index contributed by atoms with van der Waals surface area (Å²) < 4.78 is 0. The molecule has 1 heterocycles. The molecule has 0 bridgehead atoms. The van der Waals surface area contributed by atoms with Crippen LogP contribution in [0.4, 0.5) is 0 Å². The highest BCUT2D eigenvalue weighted by Gasteiger charge is 2.38. The Labute approximate surface area is 205 Å². The first-order valence-corrected chi connectivity index (χ1v) is 11.4. The van der Waals surface area contributed by atoms with Crippen molar-refractivity contribution < 1.29 is 20.1 Å². The van der Waals surface area contributed by atoms with Gasteiger partial charge in [0.15, 0.2) is 0 Å². The normalized spacial score (nSPS) is 10.8. The van der Waals surface area contributed by atoms with E-state index in [1.165, 1.54) is 0 Å². The number of carboxylic acids is 1. The molecule has 6 nitrogen and oxygen atoms in total. The van der Waals surface area contributed by atoms with E-state index < -0.39 is 11.4 Å². The van der Waals surface area contributed by atoms with Crippen LogP contribution in [0.15, 0.2) is 109 Å². The van der Waals surface area contributed by atoms with Crippen LogP contribution in [-0.2, 0) is 5.41 Å². The minimum atomic E-state index is -1.03. The van der Waals surface area contributed by atoms with Crippen LogP contribution in [0.1, 0.15) is 32.7 Å². The van der Waals surface area contributed by atoms with E-state index in [1.807, 2.05) is 60.7 Å². The van der Waals surface area contributed by atoms with Crippen LogP contribution in [0, 0.1) is 0 Å². The van der Waals surface area contributed by atoms with Crippen molar-refractivity contribution in [2.45, 2.75) is 5.41 Å². The molecule has 0 aliphatic carbocycles. The zero-order valence-electron chi connectivity index (χ0n) is 19.4. The molecule has 0 amide bonds. The SMILES string of the molecule is O=C(O)c1ccc(C(c2ccccc2)(c2ccccc2)c2ccccc2)cn1.OCCNCCO. The van der Waals surface area contributed by atoms with Crippen LogP contribution >= 0.6 is 0 Å². The predicted octanol–water partition coefficient (Wildman–Crippen LogP) is 3.72. The van der Waals surface area contributed by atoms with E-state index in [2.05, 4.69) is 46.7 Å². The number of benzene rings is 3. The van der Waals surface area contributed by atoms with Gasteiger partial charge in [-0.2, -0.15) is 0 Å². The van der Waals surface area contributed by atoms with Crippen LogP contribution in [0.3, 0.4) is 0 Å². The molecule has 180 valence electrons. The molecule has 0 atom stereocenters. The molecule has 0 aliphatic heterocycles. The Hall–Kier alpha value is -3.84. The second-order valence-electron chi connectivity index (χ2n) is 7.78. The zero-order valence-corrected chi connectivity index (χ0v) is 19.4. The first kappa shape index (κ1) is 25.8. The molecule has 4 rings (SSSR count). The number of aromatic nitrogens is 1. The molecule has 35 heavy (non-hydrogen) atoms. The third-order valence-corrected chi connectivity index (χ3v) is 5.61. The molecule has 0 aliphatic rings. The van der Waals surface area contributed by atoms with Gasteiger partial charge in [-0.15, -0.1) is 0 Å². The van der Waals surface area contributed by atoms with E-state index in [0.717, 1.165) is 22.3 Å². The Balaban J connectivity index is 0.000000429. The number of pyridine rings is 1. The first-order valence-electron chi connectivity index (χ1n) is 11.4. The van der Waals surface area contributed by atoms with Gasteiger partial charge in [0.1, 0.15) is 5.69 Å². The van der Waals surface area contributed by atoms with Crippen molar-refractivity contribution in [1.29, 1.82) is 0 Å². The quantitative estimate of drug-likeness (QED) is 0.220. The average Bonchev–Trinajstić information content (AvgIpc) is 2.92. The molecule has 0 saturated carbocycles. The maximum absolute atomic E-state index is 11.3. The minimum absolute atomic E-state index is 0.0341. The van der Waals surface area contributed by atoms with Gasteiger partial charge in [-0.05, 0) is 28.3 Å². The maximum Gasteiger partial charge on any atom is 0.354 e. The molecular formula is C29H30N2O4. The molecule has 1 aromatic heterocycles. The molecule has 0 saturated heterocycles. The monoisotopic (exact) mass is 470 g/mol. The molecule has 0 radical (unpaired) electrons. The molecule has 0 fully saturated rings. The Morgan fingerprint density at radius 2 is 1.09 bits per heavy atom. The van der Waals surface area contributed by atoms with Crippen LogP contribution < -0.4 is 5.32 Å². The molecule has 0 spiro atoms. The highest BCUT2D eigenvalue weighted by atomic mass is 16.4. The van der Waals surface area contributed by atoms with Gasteiger partial charge in [0.2, 0.25) is 0 Å². The lowest BCUT2D eigenvalue weighted by Gasteiger charge is -2.36. The van der Waals surface area contributed by atoms with Gasteiger partial charge < -0.3 is 20.6 Å². The summed E-state index contributed by atoms with van der Waals surface area (Å²) in [4.78, 5) is 15.5. The molecule has 4 N–H and O–H groups in total. The Bertz CT molecular complexity index is 1050. The van der Waals surface area contributed by atoms with Gasteiger partial charge in [-0.25, -0.2) is 9.78 Å². The van der Waals surface area contributed by atoms with Gasteiger partial charge >= 0.3 is 5.97 Å². The number of carbonyl (C=O) groups is 1. The summed E-state index contributed by atoms with van der Waals surface area (Å²) in [6.45, 7) is 1.42. The van der Waals surface area contributed by atoms with E-state index in [1.54, 1.807) is 12.3 Å². The molecule has 0 unspecified atom stereocenters. The van der Waals surface area contributed by atoms with E-state index in [-0.39, 0.29) is 18.9 Å². The van der Waals surface area contributed by atoms with Crippen molar-refractivity contribution >= 4 is 5.97 Å². The molecule has 3 aromatic carbocycles. The van der Waals surface area contributed by atoms with Crippen LogP contribution in [0.5, 0.6) is 0 Å². The largest absolute Gasteiger partial charge is 0.477 e. The van der Waals surface area contributed by atoms with Crippen molar-refractivity contribution in [1.82, 2.24) is 10.3 Å². The summed E-state index contributed by atoms with van der Waals surface area (Å²) in [6.07, 6.45) is 1.68. The highest BCUT2D eigenvalue weighted by molar-refractivity contribution is 5.85. The molecule has 4 aromatic rings. The molecular weight excluding hydrogens is 440 g/mol. The first-order chi connectivity index (χ1) is 17.1. The van der Waals surface area contributed by atoms with E-state index in [9.17, 15) is 9.90 Å². The molecule has 6 heteroatoms. The van der Waals surface area contributed by atoms with Gasteiger partial charge in [0.25, 0.3) is 0 Å². The van der Waals surface area contributed by atoms with Gasteiger partial charge in [-0.3, -0.25) is 0 Å². The van der Waals surface area contributed by atoms with Crippen LogP contribution in [-0.4, -0.2) is 52.6 Å². The summed E-state index contributed by atoms with van der Waals surface area (Å²) >= 11 is 0. The lowest BCUT2D eigenvalue weighted by Crippen LogP contribution is -2.31. The number of nitrogens with one attached hydrogen (secondary N) is 1. The lowest BCUT2D eigenvalue weighted by atomic mass is 9.65. The van der Waals surface area contributed by atoms with Gasteiger partial charge in [-0.1, -0.05) is 97.1 Å². The summed E-state index contributed by atoms with van der Waals surface area (Å²) in [5.74, 6) is -1.03. The second-order valence-corrected chi connectivity index (χ2v) is 7.78. The third-order valence-electron chi connectivity index (χ3n) is 5.61. The summed E-state index contributed by atoms with van der Waals surface area (Å²) in [7, 11) is 0. The lowest BCUT2D eigenvalue weighted by molar-refractivity contribution is 0.0690. The van der Waals surface area contributed by atoms with Crippen molar-refractivity contribution in [2.75, 3.05) is 26.3 Å². The number of aliphatic hydroxyl groups excluding tert-OH is 2. The number of hydrogen-bond acceptors (Lipinski definition) is 5. The van der Waals surface area contributed by atoms with E-state index >= 15 is 0 Å². The minimum Gasteiger partial charge on any atom is -0.477 e. The summed E-state index contributed by atoms with van der Waals surface area (Å²) in [5.41, 5.74) is 3.63. The van der Waals surface area contributed by atoms with E-state index in [0.29, 0.717) is 13.1 Å². The number of nitrogens with zero attached hydrogens (tertiary/aromatic N) is 1. The number of carboxylic acid groups (broad SMARTS) is 1. The van der Waals surface area contributed by atoms with Crippen LogP contribution in [0.25, 0.3) is 0 Å². The van der Waals surface area contributed by atoms with E-state index in [4.69, 9.17) is 10.2 Å². The number of rotatable bonds is 9. The predicted molar refractivity (Wildman–Crippen MR) is 137 cm³/mol. The van der Waals surface area contributed by atoms with Crippen molar-refractivity contribution in [2.24, 2.45) is 0 Å². The van der Waals surface area contributed by atoms with Crippen LogP contribution in [0.2, 0.25) is 0 Å². The van der Waals surface area contributed by atoms with Gasteiger partial charge in [0.05, 0.1) is 18.6 Å². The average molecular weight is 471 g/mol. The van der Waals surface area contributed by atoms with Gasteiger partial charge in [0, 0.05) is 19.3 Å². The Morgan fingerprint density at radius 3 is 1.40 bits per heavy atom. The number of aliphatic hydroxyl groups is 2. The zero-order chi connectivity index (χ0) is 24.9. The summed E-state index contributed by atoms with van der Waals surface area (Å²) in [6, 6.07) is 34.2.